The van der Waals surface area contributed by atoms with Crippen LogP contribution in [0.4, 0.5) is 11.4 Å². The molecule has 2 rings (SSSR count). The Hall–Kier alpha value is -2.76. The van der Waals surface area contributed by atoms with Gasteiger partial charge in [0.05, 0.1) is 31.7 Å². The molecule has 0 aliphatic rings. The fourth-order valence-corrected chi connectivity index (χ4v) is 1.74. The van der Waals surface area contributed by atoms with Crippen molar-refractivity contribution in [2.24, 2.45) is 0 Å². The number of aromatic nitrogens is 1. The molecule has 0 atom stereocenters. The third-order valence-electron chi connectivity index (χ3n) is 2.74. The van der Waals surface area contributed by atoms with Gasteiger partial charge in [-0.05, 0) is 24.3 Å². The topological polar surface area (TPSA) is 86.5 Å². The number of nitrogens with one attached hydrogen (secondary N) is 1. The number of pyridine rings is 1. The van der Waals surface area contributed by atoms with Crippen LogP contribution in [0.2, 0.25) is 0 Å². The highest BCUT2D eigenvalue weighted by Crippen LogP contribution is 2.25. The highest BCUT2D eigenvalue weighted by Gasteiger charge is 2.12. The number of methoxy groups -OCH3 is 2. The van der Waals surface area contributed by atoms with Crippen molar-refractivity contribution in [2.45, 2.75) is 0 Å². The minimum Gasteiger partial charge on any atom is -0.495 e. The van der Waals surface area contributed by atoms with Gasteiger partial charge < -0.3 is 20.5 Å². The molecular weight excluding hydrogens is 258 g/mol. The molecule has 3 N–H and O–H groups in total. The minimum atomic E-state index is -0.297. The Bertz CT molecular complexity index is 629. The van der Waals surface area contributed by atoms with Crippen LogP contribution in [-0.2, 0) is 0 Å². The first-order chi connectivity index (χ1) is 9.65. The van der Waals surface area contributed by atoms with Crippen molar-refractivity contribution in [2.75, 3.05) is 25.3 Å². The number of carbonyl (C=O) groups excluding carboxylic acids is 1. The maximum atomic E-state index is 12.2. The lowest BCUT2D eigenvalue weighted by atomic mass is 10.2. The molecule has 0 radical (unpaired) electrons. The minimum absolute atomic E-state index is 0.297. The quantitative estimate of drug-likeness (QED) is 0.831. The van der Waals surface area contributed by atoms with E-state index in [1.165, 1.54) is 26.6 Å². The van der Waals surface area contributed by atoms with Gasteiger partial charge in [0.25, 0.3) is 5.91 Å². The number of hydrogen-bond donors (Lipinski definition) is 2. The van der Waals surface area contributed by atoms with Crippen molar-refractivity contribution in [3.63, 3.8) is 0 Å². The molecule has 2 aromatic rings. The first kappa shape index (κ1) is 13.7. The second-order valence-corrected chi connectivity index (χ2v) is 3.99. The largest absolute Gasteiger partial charge is 0.495 e. The molecule has 0 aliphatic heterocycles. The Morgan fingerprint density at radius 1 is 1.20 bits per heavy atom. The second kappa shape index (κ2) is 5.92. The van der Waals surface area contributed by atoms with Crippen molar-refractivity contribution < 1.29 is 14.3 Å². The van der Waals surface area contributed by atoms with E-state index in [4.69, 9.17) is 15.2 Å². The molecule has 0 saturated carbocycles. The molecule has 1 heterocycles. The van der Waals surface area contributed by atoms with Gasteiger partial charge >= 0.3 is 0 Å². The van der Waals surface area contributed by atoms with E-state index in [0.29, 0.717) is 28.4 Å². The lowest BCUT2D eigenvalue weighted by Crippen LogP contribution is -2.13. The summed E-state index contributed by atoms with van der Waals surface area (Å²) in [5, 5.41) is 2.74. The average molecular weight is 273 g/mol. The van der Waals surface area contributed by atoms with Crippen LogP contribution in [0.5, 0.6) is 11.5 Å². The van der Waals surface area contributed by atoms with Gasteiger partial charge in [0.2, 0.25) is 0 Å². The number of nitrogens with zero attached hydrogens (tertiary/aromatic N) is 1. The predicted octanol–water partition coefficient (Wildman–Crippen LogP) is 1.93. The molecule has 0 saturated heterocycles. The maximum Gasteiger partial charge on any atom is 0.259 e. The first-order valence-corrected chi connectivity index (χ1v) is 5.88. The fraction of sp³-hybridized carbons (Fsp3) is 0.143. The zero-order valence-electron chi connectivity index (χ0n) is 11.2. The molecule has 0 unspecified atom stereocenters. The Labute approximate surface area is 116 Å². The zero-order chi connectivity index (χ0) is 14.5. The number of amides is 1. The lowest BCUT2D eigenvalue weighted by Gasteiger charge is -2.10. The van der Waals surface area contributed by atoms with Gasteiger partial charge in [0.15, 0.2) is 0 Å². The van der Waals surface area contributed by atoms with Crippen LogP contribution >= 0.6 is 0 Å². The van der Waals surface area contributed by atoms with Crippen LogP contribution in [0.25, 0.3) is 0 Å². The van der Waals surface area contributed by atoms with Crippen LogP contribution in [0.3, 0.4) is 0 Å². The van der Waals surface area contributed by atoms with Crippen LogP contribution in [0.1, 0.15) is 10.4 Å². The summed E-state index contributed by atoms with van der Waals surface area (Å²) < 4.78 is 10.2. The van der Waals surface area contributed by atoms with E-state index >= 15 is 0 Å². The number of carbonyl (C=O) groups is 1. The monoisotopic (exact) mass is 273 g/mol. The van der Waals surface area contributed by atoms with Crippen molar-refractivity contribution >= 4 is 17.3 Å². The van der Waals surface area contributed by atoms with Crippen LogP contribution in [0.15, 0.2) is 36.7 Å². The molecule has 0 fully saturated rings. The molecule has 0 aliphatic carbocycles. The number of nitrogens with two attached hydrogens (primary N) is 1. The van der Waals surface area contributed by atoms with Gasteiger partial charge in [0, 0.05) is 11.9 Å². The van der Waals surface area contributed by atoms with Gasteiger partial charge in [-0.1, -0.05) is 0 Å². The summed E-state index contributed by atoms with van der Waals surface area (Å²) in [6.45, 7) is 0. The summed E-state index contributed by atoms with van der Waals surface area (Å²) in [5.74, 6) is 0.671. The van der Waals surface area contributed by atoms with Gasteiger partial charge in [-0.3, -0.25) is 9.78 Å². The smallest absolute Gasteiger partial charge is 0.259 e. The van der Waals surface area contributed by atoms with Crippen LogP contribution < -0.4 is 20.5 Å². The molecule has 104 valence electrons. The van der Waals surface area contributed by atoms with Crippen LogP contribution in [-0.4, -0.2) is 25.1 Å². The normalized spacial score (nSPS) is 9.90. The Balaban J connectivity index is 2.21. The molecule has 1 amide bonds. The fourth-order valence-electron chi connectivity index (χ4n) is 1.74. The highest BCUT2D eigenvalue weighted by molar-refractivity contribution is 6.06. The van der Waals surface area contributed by atoms with E-state index in [2.05, 4.69) is 10.3 Å². The SMILES string of the molecule is COc1ccc(NC(=O)c2ccncc2OC)cc1N. The van der Waals surface area contributed by atoms with Gasteiger partial charge in [-0.2, -0.15) is 0 Å². The van der Waals surface area contributed by atoms with E-state index in [9.17, 15) is 4.79 Å². The number of benzene rings is 1. The highest BCUT2D eigenvalue weighted by atomic mass is 16.5. The van der Waals surface area contributed by atoms with Crippen LogP contribution in [0, 0.1) is 0 Å². The predicted molar refractivity (Wildman–Crippen MR) is 76.1 cm³/mol. The van der Waals surface area contributed by atoms with E-state index in [1.807, 2.05) is 0 Å². The summed E-state index contributed by atoms with van der Waals surface area (Å²) in [6, 6.07) is 6.61. The van der Waals surface area contributed by atoms with Gasteiger partial charge in [-0.25, -0.2) is 0 Å². The number of ether oxygens (including phenoxy) is 2. The lowest BCUT2D eigenvalue weighted by molar-refractivity contribution is 0.102. The summed E-state index contributed by atoms with van der Waals surface area (Å²) in [6.07, 6.45) is 3.01. The van der Waals surface area contributed by atoms with E-state index in [1.54, 1.807) is 24.3 Å². The average Bonchev–Trinajstić information content (AvgIpc) is 2.47. The zero-order valence-corrected chi connectivity index (χ0v) is 11.2. The molecule has 6 nitrogen and oxygen atoms in total. The molecule has 0 bridgehead atoms. The number of anilines is 2. The maximum absolute atomic E-state index is 12.2. The van der Waals surface area contributed by atoms with Crippen molar-refractivity contribution in [1.82, 2.24) is 4.98 Å². The van der Waals surface area contributed by atoms with E-state index < -0.39 is 0 Å². The van der Waals surface area contributed by atoms with Crippen molar-refractivity contribution in [3.05, 3.63) is 42.2 Å². The third kappa shape index (κ3) is 2.80. The molecule has 6 heteroatoms. The van der Waals surface area contributed by atoms with Crippen molar-refractivity contribution in [3.8, 4) is 11.5 Å². The Morgan fingerprint density at radius 2 is 1.95 bits per heavy atom. The summed E-state index contributed by atoms with van der Waals surface area (Å²) in [4.78, 5) is 16.1. The first-order valence-electron chi connectivity index (χ1n) is 5.88. The molecule has 0 spiro atoms. The molecule has 1 aromatic carbocycles. The second-order valence-electron chi connectivity index (χ2n) is 3.99. The summed E-state index contributed by atoms with van der Waals surface area (Å²) >= 11 is 0. The summed E-state index contributed by atoms with van der Waals surface area (Å²) in [7, 11) is 3.02. The van der Waals surface area contributed by atoms with Gasteiger partial charge in [-0.15, -0.1) is 0 Å². The third-order valence-corrected chi connectivity index (χ3v) is 2.74. The molecule has 20 heavy (non-hydrogen) atoms. The number of hydrogen-bond acceptors (Lipinski definition) is 5. The van der Waals surface area contributed by atoms with E-state index in [0.717, 1.165) is 0 Å². The molecule has 1 aromatic heterocycles. The standard InChI is InChI=1S/C14H15N3O3/c1-19-12-4-3-9(7-11(12)15)17-14(18)10-5-6-16-8-13(10)20-2/h3-8H,15H2,1-2H3,(H,17,18). The van der Waals surface area contributed by atoms with E-state index in [-0.39, 0.29) is 5.91 Å². The van der Waals surface area contributed by atoms with Crippen molar-refractivity contribution in [1.29, 1.82) is 0 Å². The number of rotatable bonds is 4. The Kier molecular flexibility index (Phi) is 4.05. The Morgan fingerprint density at radius 3 is 2.60 bits per heavy atom. The number of nitrogen functional groups attached to an aromatic ring is 1. The molecular formula is C14H15N3O3. The van der Waals surface area contributed by atoms with Gasteiger partial charge in [0.1, 0.15) is 11.5 Å². The summed E-state index contributed by atoms with van der Waals surface area (Å²) in [5.41, 5.74) is 7.22.